The molecule has 158 valence electrons. The standard InChI is InChI=1S/C16H10F3N9O3/c17-16(18,19)31-9-2-1-6(28(29)30)3-7(9)12-10-11(22)8(4-20)13(23)26-14(10)27-15(25-12)24-5-21/h1-3,12H,(H6,22,23,24,25,26,27). The number of pyridine rings is 1. The quantitative estimate of drug-likeness (QED) is 0.239. The van der Waals surface area contributed by atoms with Gasteiger partial charge in [-0.15, -0.1) is 13.2 Å². The van der Waals surface area contributed by atoms with E-state index in [1.54, 1.807) is 12.3 Å². The highest BCUT2D eigenvalue weighted by molar-refractivity contribution is 5.98. The molecule has 2 aromatic rings. The monoisotopic (exact) mass is 433 g/mol. The third-order valence-corrected chi connectivity index (χ3v) is 4.08. The summed E-state index contributed by atoms with van der Waals surface area (Å²) in [7, 11) is 0. The maximum absolute atomic E-state index is 12.9. The molecule has 0 aliphatic carbocycles. The Morgan fingerprint density at radius 3 is 2.61 bits per heavy atom. The molecule has 0 saturated heterocycles. The summed E-state index contributed by atoms with van der Waals surface area (Å²) in [5, 5.41) is 34.1. The minimum atomic E-state index is -5.12. The topological polar surface area (TPSA) is 201 Å². The van der Waals surface area contributed by atoms with Crippen LogP contribution in [0.2, 0.25) is 0 Å². The fraction of sp³-hybridized carbons (Fsp3) is 0.125. The summed E-state index contributed by atoms with van der Waals surface area (Å²) in [6.07, 6.45) is -3.56. The Bertz CT molecular complexity index is 1200. The molecule has 1 aliphatic heterocycles. The molecule has 1 unspecified atom stereocenters. The maximum atomic E-state index is 12.9. The highest BCUT2D eigenvalue weighted by Crippen LogP contribution is 2.44. The zero-order valence-electron chi connectivity index (χ0n) is 15.1. The van der Waals surface area contributed by atoms with Crippen LogP contribution in [-0.4, -0.2) is 22.2 Å². The molecule has 15 heteroatoms. The molecule has 1 atom stereocenters. The third-order valence-electron chi connectivity index (χ3n) is 4.08. The number of aromatic nitrogens is 1. The second-order valence-corrected chi connectivity index (χ2v) is 5.93. The molecule has 3 rings (SSSR count). The number of nitrogens with two attached hydrogens (primary N) is 2. The zero-order valence-corrected chi connectivity index (χ0v) is 15.1. The van der Waals surface area contributed by atoms with Crippen molar-refractivity contribution in [1.29, 1.82) is 10.5 Å². The van der Waals surface area contributed by atoms with Crippen molar-refractivity contribution in [3.8, 4) is 18.0 Å². The van der Waals surface area contributed by atoms with Crippen molar-refractivity contribution in [3.63, 3.8) is 0 Å². The second-order valence-electron chi connectivity index (χ2n) is 5.93. The molecule has 31 heavy (non-hydrogen) atoms. The first-order valence-electron chi connectivity index (χ1n) is 8.08. The number of ether oxygens (including phenoxy) is 1. The molecule has 1 aliphatic rings. The van der Waals surface area contributed by atoms with Crippen molar-refractivity contribution in [2.24, 2.45) is 4.99 Å². The highest BCUT2D eigenvalue weighted by atomic mass is 19.4. The van der Waals surface area contributed by atoms with Gasteiger partial charge in [-0.1, -0.05) is 0 Å². The van der Waals surface area contributed by atoms with Crippen molar-refractivity contribution >= 4 is 29.0 Å². The summed E-state index contributed by atoms with van der Waals surface area (Å²) in [5.74, 6) is -1.45. The summed E-state index contributed by atoms with van der Waals surface area (Å²) < 4.78 is 42.8. The van der Waals surface area contributed by atoms with Crippen molar-refractivity contribution in [1.82, 2.24) is 10.3 Å². The van der Waals surface area contributed by atoms with Crippen molar-refractivity contribution in [3.05, 3.63) is 45.0 Å². The number of halogens is 3. The van der Waals surface area contributed by atoms with Crippen LogP contribution in [0, 0.1) is 32.9 Å². The first-order valence-corrected chi connectivity index (χ1v) is 8.08. The molecule has 0 radical (unpaired) electrons. The molecule has 0 bridgehead atoms. The van der Waals surface area contributed by atoms with Gasteiger partial charge < -0.3 is 21.5 Å². The van der Waals surface area contributed by atoms with Crippen LogP contribution < -0.4 is 26.8 Å². The van der Waals surface area contributed by atoms with Gasteiger partial charge in [0.2, 0.25) is 5.96 Å². The number of nitriles is 2. The number of nitro benzene ring substituents is 1. The van der Waals surface area contributed by atoms with Crippen LogP contribution in [0.15, 0.2) is 23.2 Å². The van der Waals surface area contributed by atoms with Gasteiger partial charge in [-0.3, -0.25) is 15.4 Å². The van der Waals surface area contributed by atoms with Gasteiger partial charge in [-0.25, -0.2) is 9.98 Å². The van der Waals surface area contributed by atoms with Gasteiger partial charge in [0.05, 0.1) is 10.6 Å². The zero-order chi connectivity index (χ0) is 22.9. The van der Waals surface area contributed by atoms with Crippen LogP contribution in [0.5, 0.6) is 5.75 Å². The minimum Gasteiger partial charge on any atom is -0.405 e. The van der Waals surface area contributed by atoms with E-state index in [0.717, 1.165) is 18.2 Å². The number of benzene rings is 1. The molecule has 12 nitrogen and oxygen atoms in total. The number of fused-ring (bicyclic) bond motifs is 1. The van der Waals surface area contributed by atoms with E-state index in [1.165, 1.54) is 0 Å². The molecule has 2 heterocycles. The number of nitro groups is 1. The first-order chi connectivity index (χ1) is 14.6. The molecule has 6 N–H and O–H groups in total. The summed E-state index contributed by atoms with van der Waals surface area (Å²) in [6, 6.07) is 2.64. The van der Waals surface area contributed by atoms with Crippen molar-refractivity contribution in [2.45, 2.75) is 12.4 Å². The van der Waals surface area contributed by atoms with E-state index >= 15 is 0 Å². The number of nitrogens with one attached hydrogen (secondary N) is 2. The lowest BCUT2D eigenvalue weighted by atomic mass is 9.94. The Morgan fingerprint density at radius 1 is 1.32 bits per heavy atom. The normalized spacial score (nSPS) is 14.9. The van der Waals surface area contributed by atoms with E-state index in [2.05, 4.69) is 25.3 Å². The Hall–Kier alpha value is -4.79. The fourth-order valence-electron chi connectivity index (χ4n) is 2.89. The molecule has 0 spiro atoms. The summed E-state index contributed by atoms with van der Waals surface area (Å²) in [4.78, 5) is 18.4. The van der Waals surface area contributed by atoms with Crippen LogP contribution in [0.4, 0.5) is 36.2 Å². The Balaban J connectivity index is 2.33. The van der Waals surface area contributed by atoms with Gasteiger partial charge in [0.25, 0.3) is 5.69 Å². The molecule has 0 fully saturated rings. The number of anilines is 3. The lowest BCUT2D eigenvalue weighted by Crippen LogP contribution is -2.33. The first kappa shape index (κ1) is 20.9. The van der Waals surface area contributed by atoms with Crippen LogP contribution >= 0.6 is 0 Å². The number of hydrogen-bond acceptors (Lipinski definition) is 11. The van der Waals surface area contributed by atoms with Gasteiger partial charge in [-0.05, 0) is 6.07 Å². The molecule has 1 aromatic carbocycles. The van der Waals surface area contributed by atoms with E-state index in [9.17, 15) is 28.5 Å². The molecular weight excluding hydrogens is 423 g/mol. The number of alkyl halides is 3. The van der Waals surface area contributed by atoms with Crippen molar-refractivity contribution < 1.29 is 22.8 Å². The Kier molecular flexibility index (Phi) is 5.10. The third kappa shape index (κ3) is 4.01. The average molecular weight is 433 g/mol. The number of non-ortho nitro benzene ring substituents is 1. The summed E-state index contributed by atoms with van der Waals surface area (Å²) >= 11 is 0. The smallest absolute Gasteiger partial charge is 0.405 e. The maximum Gasteiger partial charge on any atom is 0.573 e. The predicted octanol–water partition coefficient (Wildman–Crippen LogP) is 1.87. The molecule has 0 amide bonds. The number of aliphatic imine (C=N–C) groups is 1. The van der Waals surface area contributed by atoms with E-state index in [-0.39, 0.29) is 34.4 Å². The second kappa shape index (κ2) is 7.56. The Morgan fingerprint density at radius 2 is 2.03 bits per heavy atom. The van der Waals surface area contributed by atoms with Gasteiger partial charge in [0, 0.05) is 23.3 Å². The molecule has 0 saturated carbocycles. The predicted molar refractivity (Wildman–Crippen MR) is 99.2 cm³/mol. The van der Waals surface area contributed by atoms with Crippen molar-refractivity contribution in [2.75, 3.05) is 16.8 Å². The van der Waals surface area contributed by atoms with Crippen LogP contribution in [-0.2, 0) is 0 Å². The van der Waals surface area contributed by atoms with Gasteiger partial charge >= 0.3 is 6.36 Å². The van der Waals surface area contributed by atoms with E-state index in [4.69, 9.17) is 16.7 Å². The van der Waals surface area contributed by atoms with Gasteiger partial charge in [0.1, 0.15) is 35.1 Å². The van der Waals surface area contributed by atoms with E-state index < -0.39 is 34.3 Å². The fourth-order valence-corrected chi connectivity index (χ4v) is 2.89. The average Bonchev–Trinajstić information content (AvgIpc) is 2.66. The van der Waals surface area contributed by atoms with Gasteiger partial charge in [0.15, 0.2) is 6.19 Å². The number of nitrogen functional groups attached to an aromatic ring is 2. The number of hydrogen-bond donors (Lipinski definition) is 4. The Labute approximate surface area is 170 Å². The van der Waals surface area contributed by atoms with Crippen LogP contribution in [0.25, 0.3) is 0 Å². The number of guanidine groups is 1. The highest BCUT2D eigenvalue weighted by Gasteiger charge is 2.37. The van der Waals surface area contributed by atoms with Crippen LogP contribution in [0.1, 0.15) is 22.7 Å². The van der Waals surface area contributed by atoms with E-state index in [1.807, 2.05) is 0 Å². The summed E-state index contributed by atoms with van der Waals surface area (Å²) in [5.41, 5.74) is 10.1. The van der Waals surface area contributed by atoms with Gasteiger partial charge in [-0.2, -0.15) is 10.5 Å². The minimum absolute atomic E-state index is 0.0817. The number of rotatable bonds is 3. The lowest BCUT2D eigenvalue weighted by molar-refractivity contribution is -0.385. The summed E-state index contributed by atoms with van der Waals surface area (Å²) in [6.45, 7) is 0. The SMILES string of the molecule is N#CNC1=NC(c2cc([N+](=O)[O-])ccc2OC(F)(F)F)c2c(nc(N)c(C#N)c2N)N1. The van der Waals surface area contributed by atoms with Crippen LogP contribution in [0.3, 0.4) is 0 Å². The largest absolute Gasteiger partial charge is 0.573 e. The van der Waals surface area contributed by atoms with E-state index in [0.29, 0.717) is 0 Å². The number of nitrogens with zero attached hydrogens (tertiary/aromatic N) is 5. The molecular formula is C16H10F3N9O3. The lowest BCUT2D eigenvalue weighted by Gasteiger charge is -2.27. The molecule has 1 aromatic heterocycles.